The standard InChI is InChI=1S/C19H16O3/c1-13(20)15-8-9-18-16(12-15)7-6-14-4-2-3-5-17(14)19(18)10-11-21-22-19/h2-9,12H,10-11H2,1H3. The van der Waals surface area contributed by atoms with Crippen LogP contribution in [-0.2, 0) is 15.4 Å². The van der Waals surface area contributed by atoms with E-state index in [4.69, 9.17) is 9.78 Å². The maximum atomic E-state index is 11.7. The van der Waals surface area contributed by atoms with Crippen molar-refractivity contribution in [2.45, 2.75) is 18.9 Å². The van der Waals surface area contributed by atoms with E-state index < -0.39 is 5.60 Å². The molecule has 0 bridgehead atoms. The Morgan fingerprint density at radius 2 is 1.82 bits per heavy atom. The second-order valence-electron chi connectivity index (χ2n) is 5.76. The van der Waals surface area contributed by atoms with Gasteiger partial charge >= 0.3 is 0 Å². The van der Waals surface area contributed by atoms with Crippen LogP contribution in [0.3, 0.4) is 0 Å². The molecule has 110 valence electrons. The maximum absolute atomic E-state index is 11.7. The Kier molecular flexibility index (Phi) is 2.99. The first kappa shape index (κ1) is 13.4. The van der Waals surface area contributed by atoms with Crippen molar-refractivity contribution in [1.29, 1.82) is 0 Å². The fourth-order valence-electron chi connectivity index (χ4n) is 3.35. The minimum absolute atomic E-state index is 0.0654. The highest BCUT2D eigenvalue weighted by molar-refractivity contribution is 5.95. The summed E-state index contributed by atoms with van der Waals surface area (Å²) in [5.74, 6) is 0.0654. The largest absolute Gasteiger partial charge is 0.295 e. The van der Waals surface area contributed by atoms with Gasteiger partial charge in [-0.3, -0.25) is 4.79 Å². The van der Waals surface area contributed by atoms with Crippen LogP contribution in [0.15, 0.2) is 42.5 Å². The van der Waals surface area contributed by atoms with Crippen LogP contribution in [0.4, 0.5) is 0 Å². The third-order valence-corrected chi connectivity index (χ3v) is 4.47. The fourth-order valence-corrected chi connectivity index (χ4v) is 3.35. The zero-order valence-electron chi connectivity index (χ0n) is 12.3. The summed E-state index contributed by atoms with van der Waals surface area (Å²) in [6.45, 7) is 2.14. The smallest absolute Gasteiger partial charge is 0.159 e. The molecule has 1 heterocycles. The molecule has 1 spiro atoms. The van der Waals surface area contributed by atoms with Crippen LogP contribution in [0, 0.1) is 0 Å². The molecule has 22 heavy (non-hydrogen) atoms. The van der Waals surface area contributed by atoms with E-state index in [1.165, 1.54) is 0 Å². The van der Waals surface area contributed by atoms with E-state index in [0.717, 1.165) is 28.7 Å². The van der Waals surface area contributed by atoms with Gasteiger partial charge in [0, 0.05) is 12.0 Å². The maximum Gasteiger partial charge on any atom is 0.159 e. The molecule has 4 rings (SSSR count). The lowest BCUT2D eigenvalue weighted by atomic mass is 9.81. The quantitative estimate of drug-likeness (QED) is 0.589. The van der Waals surface area contributed by atoms with Gasteiger partial charge in [-0.15, -0.1) is 0 Å². The molecule has 3 heteroatoms. The summed E-state index contributed by atoms with van der Waals surface area (Å²) in [7, 11) is 0. The Balaban J connectivity index is 2.00. The van der Waals surface area contributed by atoms with Crippen molar-refractivity contribution < 1.29 is 14.6 Å². The van der Waals surface area contributed by atoms with Crippen molar-refractivity contribution in [3.05, 3.63) is 70.3 Å². The first-order valence-corrected chi connectivity index (χ1v) is 7.44. The van der Waals surface area contributed by atoms with E-state index in [9.17, 15) is 4.79 Å². The van der Waals surface area contributed by atoms with Gasteiger partial charge in [-0.1, -0.05) is 48.6 Å². The fraction of sp³-hybridized carbons (Fsp3) is 0.211. The molecule has 2 aromatic carbocycles. The molecule has 1 unspecified atom stereocenters. The van der Waals surface area contributed by atoms with E-state index in [-0.39, 0.29) is 5.78 Å². The van der Waals surface area contributed by atoms with Gasteiger partial charge in [0.2, 0.25) is 0 Å². The Labute approximate surface area is 129 Å². The number of carbonyl (C=O) groups excluding carboxylic acids is 1. The van der Waals surface area contributed by atoms with E-state index >= 15 is 0 Å². The first-order valence-electron chi connectivity index (χ1n) is 7.44. The normalized spacial score (nSPS) is 22.2. The number of carbonyl (C=O) groups is 1. The molecule has 3 nitrogen and oxygen atoms in total. The van der Waals surface area contributed by atoms with Gasteiger partial charge in [-0.2, -0.15) is 0 Å². The van der Waals surface area contributed by atoms with Crippen LogP contribution in [0.2, 0.25) is 0 Å². The molecular formula is C19H16O3. The van der Waals surface area contributed by atoms with Crippen LogP contribution < -0.4 is 0 Å². The van der Waals surface area contributed by atoms with Crippen molar-refractivity contribution in [3.63, 3.8) is 0 Å². The third kappa shape index (κ3) is 1.86. The molecule has 1 aliphatic carbocycles. The van der Waals surface area contributed by atoms with Gasteiger partial charge in [0.25, 0.3) is 0 Å². The summed E-state index contributed by atoms with van der Waals surface area (Å²) in [4.78, 5) is 22.7. The van der Waals surface area contributed by atoms with Crippen LogP contribution in [0.1, 0.15) is 46.0 Å². The molecule has 0 saturated carbocycles. The van der Waals surface area contributed by atoms with Crippen molar-refractivity contribution >= 4 is 17.9 Å². The molecule has 1 atom stereocenters. The van der Waals surface area contributed by atoms with Gasteiger partial charge < -0.3 is 0 Å². The highest BCUT2D eigenvalue weighted by Gasteiger charge is 2.44. The lowest BCUT2D eigenvalue weighted by Crippen LogP contribution is -2.28. The lowest BCUT2D eigenvalue weighted by molar-refractivity contribution is -0.302. The van der Waals surface area contributed by atoms with Gasteiger partial charge in [0.1, 0.15) is 0 Å². The Morgan fingerprint density at radius 1 is 1.05 bits per heavy atom. The van der Waals surface area contributed by atoms with Crippen LogP contribution >= 0.6 is 0 Å². The summed E-state index contributed by atoms with van der Waals surface area (Å²) in [6.07, 6.45) is 4.89. The molecule has 0 aromatic heterocycles. The minimum Gasteiger partial charge on any atom is -0.295 e. The van der Waals surface area contributed by atoms with E-state index in [1.807, 2.05) is 30.3 Å². The van der Waals surface area contributed by atoms with Crippen LogP contribution in [-0.4, -0.2) is 12.4 Å². The van der Waals surface area contributed by atoms with Gasteiger partial charge in [0.05, 0.1) is 6.61 Å². The first-order chi connectivity index (χ1) is 10.7. The van der Waals surface area contributed by atoms with Gasteiger partial charge in [0.15, 0.2) is 11.4 Å². The number of hydrogen-bond donors (Lipinski definition) is 0. The van der Waals surface area contributed by atoms with E-state index in [2.05, 4.69) is 24.3 Å². The Bertz CT molecular complexity index is 783. The average Bonchev–Trinajstić information content (AvgIpc) is 2.98. The van der Waals surface area contributed by atoms with Gasteiger partial charge in [-0.05, 0) is 35.2 Å². The topological polar surface area (TPSA) is 35.5 Å². The van der Waals surface area contributed by atoms with Crippen LogP contribution in [0.25, 0.3) is 12.2 Å². The summed E-state index contributed by atoms with van der Waals surface area (Å²) >= 11 is 0. The van der Waals surface area contributed by atoms with E-state index in [1.54, 1.807) is 6.92 Å². The van der Waals surface area contributed by atoms with Crippen molar-refractivity contribution in [1.82, 2.24) is 0 Å². The van der Waals surface area contributed by atoms with Crippen molar-refractivity contribution in [2.24, 2.45) is 0 Å². The summed E-state index contributed by atoms with van der Waals surface area (Å²) in [5, 5.41) is 0. The highest BCUT2D eigenvalue weighted by Crippen LogP contribution is 2.46. The molecule has 1 fully saturated rings. The number of benzene rings is 2. The minimum atomic E-state index is -0.593. The Morgan fingerprint density at radius 3 is 2.59 bits per heavy atom. The summed E-state index contributed by atoms with van der Waals surface area (Å²) in [6, 6.07) is 14.0. The monoisotopic (exact) mass is 292 g/mol. The average molecular weight is 292 g/mol. The molecule has 1 aliphatic heterocycles. The lowest BCUT2D eigenvalue weighted by Gasteiger charge is -2.28. The number of ketones is 1. The van der Waals surface area contributed by atoms with Crippen molar-refractivity contribution in [3.8, 4) is 0 Å². The van der Waals surface area contributed by atoms with Crippen LogP contribution in [0.5, 0.6) is 0 Å². The summed E-state index contributed by atoms with van der Waals surface area (Å²) in [5.41, 5.74) is 4.41. The molecule has 0 radical (unpaired) electrons. The SMILES string of the molecule is CC(=O)c1ccc2c(c1)C=Cc1ccccc1C21CCOO1. The number of fused-ring (bicyclic) bond motifs is 4. The summed E-state index contributed by atoms with van der Waals surface area (Å²) < 4.78 is 0. The number of rotatable bonds is 1. The van der Waals surface area contributed by atoms with Gasteiger partial charge in [-0.25, -0.2) is 9.78 Å². The zero-order valence-corrected chi connectivity index (χ0v) is 12.3. The molecule has 2 aromatic rings. The number of hydrogen-bond acceptors (Lipinski definition) is 3. The molecule has 2 aliphatic rings. The Hall–Kier alpha value is -2.23. The molecule has 0 amide bonds. The highest BCUT2D eigenvalue weighted by atomic mass is 17.2. The zero-order chi connectivity index (χ0) is 15.2. The predicted molar refractivity (Wildman–Crippen MR) is 84.3 cm³/mol. The third-order valence-electron chi connectivity index (χ3n) is 4.47. The molecule has 0 N–H and O–H groups in total. The second-order valence-corrected chi connectivity index (χ2v) is 5.76. The molecular weight excluding hydrogens is 276 g/mol. The number of Topliss-reactive ketones (excluding diaryl/α,β-unsaturated/α-hetero) is 1. The predicted octanol–water partition coefficient (Wildman–Crippen LogP) is 3.97. The second kappa shape index (κ2) is 4.90. The van der Waals surface area contributed by atoms with Crippen molar-refractivity contribution in [2.75, 3.05) is 6.61 Å². The molecule has 1 saturated heterocycles. The van der Waals surface area contributed by atoms with E-state index in [0.29, 0.717) is 12.2 Å².